The van der Waals surface area contributed by atoms with Crippen LogP contribution in [0.5, 0.6) is 0 Å². The Kier molecular flexibility index (Phi) is 7.06. The standard InChI is InChI=1S/C29H33N9O2/c1-4-11-37-28(39)23-20-30-29(31-22-8-9-24-21(19-22)10-12-35(24)14-13-34(2)3)33-27(23)38(37)26-7-5-6-25(32-26)36-15-17-40-18-16-36/h4-10,12,19-20H,1,11,13-18H2,2-3H3,(H,30,31,33). The predicted octanol–water partition coefficient (Wildman–Crippen LogP) is 3.26. The number of aromatic nitrogens is 6. The van der Waals surface area contributed by atoms with Crippen LogP contribution in [0.1, 0.15) is 0 Å². The number of rotatable bonds is 9. The van der Waals surface area contributed by atoms with Gasteiger partial charge in [0.1, 0.15) is 11.2 Å². The number of benzene rings is 1. The van der Waals surface area contributed by atoms with E-state index in [1.165, 1.54) is 5.52 Å². The molecule has 0 bridgehead atoms. The van der Waals surface area contributed by atoms with Crippen molar-refractivity contribution in [1.82, 2.24) is 33.8 Å². The van der Waals surface area contributed by atoms with Gasteiger partial charge in [0.25, 0.3) is 5.56 Å². The first-order chi connectivity index (χ1) is 19.5. The largest absolute Gasteiger partial charge is 0.378 e. The van der Waals surface area contributed by atoms with Gasteiger partial charge in [-0.15, -0.1) is 6.58 Å². The number of nitrogens with zero attached hydrogens (tertiary/aromatic N) is 8. The van der Waals surface area contributed by atoms with Gasteiger partial charge in [-0.05, 0) is 50.5 Å². The summed E-state index contributed by atoms with van der Waals surface area (Å²) >= 11 is 0. The molecule has 40 heavy (non-hydrogen) atoms. The topological polar surface area (TPSA) is 98.3 Å². The van der Waals surface area contributed by atoms with Crippen LogP contribution in [0, 0.1) is 0 Å². The van der Waals surface area contributed by atoms with Gasteiger partial charge < -0.3 is 24.4 Å². The lowest BCUT2D eigenvalue weighted by molar-refractivity contribution is 0.122. The number of likely N-dealkylation sites (N-methyl/N-ethyl adjacent to an activating group) is 1. The van der Waals surface area contributed by atoms with E-state index in [1.54, 1.807) is 21.6 Å². The first kappa shape index (κ1) is 25.8. The summed E-state index contributed by atoms with van der Waals surface area (Å²) < 4.78 is 11.1. The molecule has 5 heterocycles. The average molecular weight is 540 g/mol. The summed E-state index contributed by atoms with van der Waals surface area (Å²) in [6.45, 7) is 8.89. The highest BCUT2D eigenvalue weighted by Crippen LogP contribution is 2.24. The van der Waals surface area contributed by atoms with Crippen molar-refractivity contribution in [1.29, 1.82) is 0 Å². The Morgan fingerprint density at radius 1 is 1.10 bits per heavy atom. The zero-order chi connectivity index (χ0) is 27.6. The third-order valence-electron chi connectivity index (χ3n) is 7.06. The van der Waals surface area contributed by atoms with Gasteiger partial charge in [-0.25, -0.2) is 19.3 Å². The number of ether oxygens (including phenoxy) is 1. The first-order valence-electron chi connectivity index (χ1n) is 13.4. The molecule has 0 aliphatic carbocycles. The van der Waals surface area contributed by atoms with E-state index in [1.807, 2.05) is 24.3 Å². The van der Waals surface area contributed by atoms with Crippen LogP contribution in [-0.4, -0.2) is 80.7 Å². The molecule has 11 nitrogen and oxygen atoms in total. The fraction of sp³-hybridized carbons (Fsp3) is 0.310. The summed E-state index contributed by atoms with van der Waals surface area (Å²) in [7, 11) is 4.15. The lowest BCUT2D eigenvalue weighted by atomic mass is 10.2. The van der Waals surface area contributed by atoms with E-state index in [0.29, 0.717) is 42.6 Å². The van der Waals surface area contributed by atoms with Crippen molar-refractivity contribution in [3.05, 3.63) is 77.9 Å². The van der Waals surface area contributed by atoms with E-state index in [9.17, 15) is 4.79 Å². The van der Waals surface area contributed by atoms with E-state index in [-0.39, 0.29) is 5.56 Å². The molecule has 5 aromatic rings. The molecule has 4 aromatic heterocycles. The molecule has 0 spiro atoms. The van der Waals surface area contributed by atoms with E-state index >= 15 is 0 Å². The molecule has 1 aliphatic heterocycles. The summed E-state index contributed by atoms with van der Waals surface area (Å²) in [5.41, 5.74) is 2.32. The zero-order valence-electron chi connectivity index (χ0n) is 22.8. The molecular formula is C29H33N9O2. The summed E-state index contributed by atoms with van der Waals surface area (Å²) in [5, 5.41) is 4.87. The van der Waals surface area contributed by atoms with Crippen molar-refractivity contribution < 1.29 is 4.74 Å². The van der Waals surface area contributed by atoms with Gasteiger partial charge in [0.2, 0.25) is 5.95 Å². The number of hydrogen-bond acceptors (Lipinski definition) is 8. The third kappa shape index (κ3) is 4.96. The van der Waals surface area contributed by atoms with Gasteiger partial charge in [-0.1, -0.05) is 12.1 Å². The third-order valence-corrected chi connectivity index (χ3v) is 7.06. The Bertz CT molecular complexity index is 1730. The summed E-state index contributed by atoms with van der Waals surface area (Å²) in [5.74, 6) is 1.83. The van der Waals surface area contributed by atoms with E-state index in [4.69, 9.17) is 14.7 Å². The van der Waals surface area contributed by atoms with Crippen LogP contribution in [0.15, 0.2) is 72.3 Å². The molecule has 0 unspecified atom stereocenters. The predicted molar refractivity (Wildman–Crippen MR) is 158 cm³/mol. The molecular weight excluding hydrogens is 506 g/mol. The normalized spacial score (nSPS) is 13.9. The Labute approximate surface area is 231 Å². The average Bonchev–Trinajstić information content (AvgIpc) is 3.50. The van der Waals surface area contributed by atoms with Crippen molar-refractivity contribution in [2.75, 3.05) is 57.2 Å². The fourth-order valence-electron chi connectivity index (χ4n) is 5.02. The molecule has 0 atom stereocenters. The monoisotopic (exact) mass is 539 g/mol. The summed E-state index contributed by atoms with van der Waals surface area (Å²) in [4.78, 5) is 31.9. The molecule has 1 N–H and O–H groups in total. The molecule has 206 valence electrons. The Morgan fingerprint density at radius 2 is 1.93 bits per heavy atom. The molecule has 1 aliphatic rings. The molecule has 1 aromatic carbocycles. The minimum Gasteiger partial charge on any atom is -0.378 e. The number of fused-ring (bicyclic) bond motifs is 2. The van der Waals surface area contributed by atoms with Crippen LogP contribution in [0.25, 0.3) is 27.8 Å². The number of pyridine rings is 1. The molecule has 6 rings (SSSR count). The van der Waals surface area contributed by atoms with Crippen molar-refractivity contribution in [3.63, 3.8) is 0 Å². The number of hydrogen-bond donors (Lipinski definition) is 1. The van der Waals surface area contributed by atoms with E-state index in [2.05, 4.69) is 69.7 Å². The zero-order valence-corrected chi connectivity index (χ0v) is 22.8. The molecule has 11 heteroatoms. The quantitative estimate of drug-likeness (QED) is 0.285. The van der Waals surface area contributed by atoms with Gasteiger partial charge in [-0.2, -0.15) is 4.98 Å². The minimum atomic E-state index is -0.194. The van der Waals surface area contributed by atoms with Gasteiger partial charge in [0.15, 0.2) is 11.5 Å². The Balaban J connectivity index is 1.36. The smallest absolute Gasteiger partial charge is 0.278 e. The van der Waals surface area contributed by atoms with Gasteiger partial charge in [-0.3, -0.25) is 4.79 Å². The van der Waals surface area contributed by atoms with Crippen LogP contribution in [0.2, 0.25) is 0 Å². The van der Waals surface area contributed by atoms with Crippen LogP contribution in [-0.2, 0) is 17.8 Å². The maximum atomic E-state index is 13.3. The lowest BCUT2D eigenvalue weighted by Gasteiger charge is -2.28. The molecule has 0 saturated carbocycles. The van der Waals surface area contributed by atoms with Crippen LogP contribution in [0.4, 0.5) is 17.5 Å². The number of morpholine rings is 1. The second-order valence-electron chi connectivity index (χ2n) is 10.1. The second kappa shape index (κ2) is 10.9. The molecule has 0 amide bonds. The van der Waals surface area contributed by atoms with Crippen LogP contribution < -0.4 is 15.8 Å². The summed E-state index contributed by atoms with van der Waals surface area (Å²) in [6, 6.07) is 14.1. The highest BCUT2D eigenvalue weighted by Gasteiger charge is 2.19. The van der Waals surface area contributed by atoms with E-state index in [0.717, 1.165) is 43.1 Å². The number of allylic oxidation sites excluding steroid dienone is 1. The minimum absolute atomic E-state index is 0.194. The highest BCUT2D eigenvalue weighted by atomic mass is 16.5. The Hall–Kier alpha value is -4.48. The van der Waals surface area contributed by atoms with Crippen LogP contribution >= 0.6 is 0 Å². The maximum absolute atomic E-state index is 13.3. The SMILES string of the molecule is C=CCn1c(=O)c2cnc(Nc3ccc4c(ccn4CCN(C)C)c3)nc2n1-c1cccc(N2CCOCC2)n1. The van der Waals surface area contributed by atoms with Crippen molar-refractivity contribution >= 4 is 39.4 Å². The lowest BCUT2D eigenvalue weighted by Crippen LogP contribution is -2.36. The molecule has 0 radical (unpaired) electrons. The fourth-order valence-corrected chi connectivity index (χ4v) is 5.02. The molecule has 1 fully saturated rings. The van der Waals surface area contributed by atoms with Crippen molar-refractivity contribution in [2.24, 2.45) is 0 Å². The second-order valence-corrected chi connectivity index (χ2v) is 10.1. The van der Waals surface area contributed by atoms with Gasteiger partial charge >= 0.3 is 0 Å². The highest BCUT2D eigenvalue weighted by molar-refractivity contribution is 5.85. The van der Waals surface area contributed by atoms with Gasteiger partial charge in [0, 0.05) is 55.2 Å². The first-order valence-corrected chi connectivity index (χ1v) is 13.4. The Morgan fingerprint density at radius 3 is 2.73 bits per heavy atom. The van der Waals surface area contributed by atoms with Crippen molar-refractivity contribution in [3.8, 4) is 5.82 Å². The van der Waals surface area contributed by atoms with E-state index < -0.39 is 0 Å². The number of anilines is 3. The van der Waals surface area contributed by atoms with Gasteiger partial charge in [0.05, 0.1) is 19.8 Å². The number of nitrogens with one attached hydrogen (secondary N) is 1. The maximum Gasteiger partial charge on any atom is 0.278 e. The molecule has 1 saturated heterocycles. The summed E-state index contributed by atoms with van der Waals surface area (Å²) in [6.07, 6.45) is 5.37. The van der Waals surface area contributed by atoms with Crippen molar-refractivity contribution in [2.45, 2.75) is 13.1 Å². The van der Waals surface area contributed by atoms with Crippen LogP contribution in [0.3, 0.4) is 0 Å².